The highest BCUT2D eigenvalue weighted by Gasteiger charge is 2.18. The fourth-order valence-electron chi connectivity index (χ4n) is 2.63. The number of hydrogen-bond donors (Lipinski definition) is 1. The van der Waals surface area contributed by atoms with Crippen molar-refractivity contribution in [3.05, 3.63) is 59.2 Å². The summed E-state index contributed by atoms with van der Waals surface area (Å²) >= 11 is 1.55. The van der Waals surface area contributed by atoms with Crippen molar-refractivity contribution in [1.29, 1.82) is 0 Å². The van der Waals surface area contributed by atoms with Crippen LogP contribution in [0.25, 0.3) is 0 Å². The topological polar surface area (TPSA) is 38.3 Å². The van der Waals surface area contributed by atoms with Crippen LogP contribution in [-0.4, -0.2) is 18.3 Å². The Hall–Kier alpha value is -1.94. The van der Waals surface area contributed by atoms with Crippen LogP contribution in [0.1, 0.15) is 36.6 Å². The smallest absolute Gasteiger partial charge is 0.233 e. The van der Waals surface area contributed by atoms with Gasteiger partial charge < -0.3 is 10.1 Å². The molecule has 0 bridgehead atoms. The zero-order valence-electron chi connectivity index (χ0n) is 14.9. The summed E-state index contributed by atoms with van der Waals surface area (Å²) in [7, 11) is 1.65. The number of benzene rings is 2. The minimum absolute atomic E-state index is 0.00276. The molecule has 1 N–H and O–H groups in total. The van der Waals surface area contributed by atoms with E-state index in [1.165, 1.54) is 11.1 Å². The van der Waals surface area contributed by atoms with Crippen LogP contribution in [0.15, 0.2) is 47.4 Å². The molecule has 0 fully saturated rings. The highest BCUT2D eigenvalue weighted by atomic mass is 32.2. The molecule has 24 heavy (non-hydrogen) atoms. The number of amides is 1. The molecule has 0 spiro atoms. The summed E-state index contributed by atoms with van der Waals surface area (Å²) in [6.07, 6.45) is 0. The first-order valence-corrected chi connectivity index (χ1v) is 8.97. The van der Waals surface area contributed by atoms with E-state index in [9.17, 15) is 4.79 Å². The second kappa shape index (κ2) is 8.25. The molecule has 1 amide bonds. The number of methoxy groups -OCH3 is 1. The molecule has 0 aliphatic carbocycles. The molecule has 0 heterocycles. The summed E-state index contributed by atoms with van der Waals surface area (Å²) in [4.78, 5) is 13.5. The van der Waals surface area contributed by atoms with Crippen LogP contribution in [0.5, 0.6) is 5.75 Å². The summed E-state index contributed by atoms with van der Waals surface area (Å²) < 4.78 is 5.15. The standard InChI is InChI=1S/C20H25NO2S/c1-13-6-11-19(14(2)12-13)15(3)21-20(22)16(4)24-18-9-7-17(23-5)8-10-18/h6-12,15-16H,1-5H3,(H,21,22)/t15-,16-/m0/s1. The van der Waals surface area contributed by atoms with Crippen molar-refractivity contribution in [2.75, 3.05) is 7.11 Å². The summed E-state index contributed by atoms with van der Waals surface area (Å²) in [6.45, 7) is 8.12. The molecule has 0 saturated carbocycles. The van der Waals surface area contributed by atoms with Crippen molar-refractivity contribution in [2.45, 2.75) is 43.9 Å². The minimum Gasteiger partial charge on any atom is -0.497 e. The summed E-state index contributed by atoms with van der Waals surface area (Å²) in [6, 6.07) is 14.1. The van der Waals surface area contributed by atoms with E-state index in [0.717, 1.165) is 16.2 Å². The van der Waals surface area contributed by atoms with E-state index in [-0.39, 0.29) is 17.2 Å². The number of thioether (sulfide) groups is 1. The molecule has 0 radical (unpaired) electrons. The zero-order valence-corrected chi connectivity index (χ0v) is 15.7. The molecule has 4 heteroatoms. The molecule has 2 aromatic rings. The maximum absolute atomic E-state index is 12.5. The maximum atomic E-state index is 12.5. The molecule has 2 atom stereocenters. The van der Waals surface area contributed by atoms with E-state index in [2.05, 4.69) is 37.4 Å². The normalized spacial score (nSPS) is 13.2. The van der Waals surface area contributed by atoms with E-state index in [0.29, 0.717) is 0 Å². The fourth-order valence-corrected chi connectivity index (χ4v) is 3.51. The van der Waals surface area contributed by atoms with Gasteiger partial charge in [0.2, 0.25) is 5.91 Å². The summed E-state index contributed by atoms with van der Waals surface area (Å²) in [5.74, 6) is 0.864. The second-order valence-electron chi connectivity index (χ2n) is 6.03. The fraction of sp³-hybridized carbons (Fsp3) is 0.350. The second-order valence-corrected chi connectivity index (χ2v) is 7.44. The van der Waals surface area contributed by atoms with E-state index in [1.807, 2.05) is 38.1 Å². The Balaban J connectivity index is 1.97. The minimum atomic E-state index is -0.161. The third kappa shape index (κ3) is 4.78. The average molecular weight is 343 g/mol. The van der Waals surface area contributed by atoms with Crippen LogP contribution in [0, 0.1) is 13.8 Å². The number of carbonyl (C=O) groups excluding carboxylic acids is 1. The maximum Gasteiger partial charge on any atom is 0.233 e. The van der Waals surface area contributed by atoms with Crippen LogP contribution < -0.4 is 10.1 Å². The van der Waals surface area contributed by atoms with Crippen LogP contribution in [0.2, 0.25) is 0 Å². The Morgan fingerprint density at radius 3 is 2.33 bits per heavy atom. The largest absolute Gasteiger partial charge is 0.497 e. The van der Waals surface area contributed by atoms with Gasteiger partial charge in [0, 0.05) is 4.90 Å². The number of carbonyl (C=O) groups is 1. The quantitative estimate of drug-likeness (QED) is 0.775. The Morgan fingerprint density at radius 1 is 1.08 bits per heavy atom. The highest BCUT2D eigenvalue weighted by molar-refractivity contribution is 8.00. The van der Waals surface area contributed by atoms with Gasteiger partial charge in [0.25, 0.3) is 0 Å². The first-order valence-electron chi connectivity index (χ1n) is 8.09. The van der Waals surface area contributed by atoms with Gasteiger partial charge in [0.15, 0.2) is 0 Å². The van der Waals surface area contributed by atoms with Crippen LogP contribution >= 0.6 is 11.8 Å². The Morgan fingerprint density at radius 2 is 1.75 bits per heavy atom. The molecule has 0 saturated heterocycles. The third-order valence-electron chi connectivity index (χ3n) is 3.99. The predicted molar refractivity (Wildman–Crippen MR) is 101 cm³/mol. The zero-order chi connectivity index (χ0) is 17.7. The molecule has 0 aliphatic heterocycles. The number of ether oxygens (including phenoxy) is 1. The SMILES string of the molecule is COc1ccc(S[C@@H](C)C(=O)N[C@@H](C)c2ccc(C)cc2C)cc1. The van der Waals surface area contributed by atoms with Crippen LogP contribution in [-0.2, 0) is 4.79 Å². The summed E-state index contributed by atoms with van der Waals surface area (Å²) in [5, 5.41) is 2.95. The van der Waals surface area contributed by atoms with Crippen molar-refractivity contribution in [3.63, 3.8) is 0 Å². The molecule has 0 unspecified atom stereocenters. The molecule has 2 rings (SSSR count). The number of aryl methyl sites for hydroxylation is 2. The average Bonchev–Trinajstić information content (AvgIpc) is 2.55. The lowest BCUT2D eigenvalue weighted by Crippen LogP contribution is -2.33. The van der Waals surface area contributed by atoms with E-state index in [1.54, 1.807) is 18.9 Å². The van der Waals surface area contributed by atoms with Crippen molar-refractivity contribution in [1.82, 2.24) is 5.32 Å². The Bertz CT molecular complexity index is 697. The molecule has 2 aromatic carbocycles. The Labute approximate surface area is 148 Å². The van der Waals surface area contributed by atoms with Crippen molar-refractivity contribution in [2.24, 2.45) is 0 Å². The van der Waals surface area contributed by atoms with Crippen molar-refractivity contribution in [3.8, 4) is 5.75 Å². The van der Waals surface area contributed by atoms with Gasteiger partial charge in [-0.2, -0.15) is 0 Å². The molecule has 0 aliphatic rings. The number of hydrogen-bond acceptors (Lipinski definition) is 3. The number of rotatable bonds is 6. The third-order valence-corrected chi connectivity index (χ3v) is 5.10. The van der Waals surface area contributed by atoms with Gasteiger partial charge in [-0.3, -0.25) is 4.79 Å². The van der Waals surface area contributed by atoms with Gasteiger partial charge in [0.1, 0.15) is 5.75 Å². The van der Waals surface area contributed by atoms with Gasteiger partial charge in [-0.15, -0.1) is 11.8 Å². The molecular formula is C20H25NO2S. The first kappa shape index (κ1) is 18.4. The summed E-state index contributed by atoms with van der Waals surface area (Å²) in [5.41, 5.74) is 3.60. The van der Waals surface area contributed by atoms with Crippen molar-refractivity contribution >= 4 is 17.7 Å². The van der Waals surface area contributed by atoms with Crippen LogP contribution in [0.3, 0.4) is 0 Å². The van der Waals surface area contributed by atoms with Crippen molar-refractivity contribution < 1.29 is 9.53 Å². The lowest BCUT2D eigenvalue weighted by atomic mass is 10.0. The van der Waals surface area contributed by atoms with Gasteiger partial charge in [-0.05, 0) is 63.1 Å². The molecule has 3 nitrogen and oxygen atoms in total. The predicted octanol–water partition coefficient (Wildman–Crippen LogP) is 4.67. The Kier molecular flexibility index (Phi) is 6.32. The number of nitrogens with one attached hydrogen (secondary N) is 1. The first-order chi connectivity index (χ1) is 11.4. The molecular weight excluding hydrogens is 318 g/mol. The highest BCUT2D eigenvalue weighted by Crippen LogP contribution is 2.26. The van der Waals surface area contributed by atoms with Crippen LogP contribution in [0.4, 0.5) is 0 Å². The van der Waals surface area contributed by atoms with Gasteiger partial charge in [-0.1, -0.05) is 23.8 Å². The molecule has 128 valence electrons. The lowest BCUT2D eigenvalue weighted by molar-refractivity contribution is -0.120. The van der Waals surface area contributed by atoms with E-state index in [4.69, 9.17) is 4.74 Å². The van der Waals surface area contributed by atoms with E-state index < -0.39 is 0 Å². The van der Waals surface area contributed by atoms with E-state index >= 15 is 0 Å². The van der Waals surface area contributed by atoms with Gasteiger partial charge >= 0.3 is 0 Å². The molecule has 0 aromatic heterocycles. The lowest BCUT2D eigenvalue weighted by Gasteiger charge is -2.19. The van der Waals surface area contributed by atoms with Gasteiger partial charge in [0.05, 0.1) is 18.4 Å². The van der Waals surface area contributed by atoms with Gasteiger partial charge in [-0.25, -0.2) is 0 Å². The monoisotopic (exact) mass is 343 g/mol.